The van der Waals surface area contributed by atoms with Crippen LogP contribution in [0.1, 0.15) is 42.8 Å². The summed E-state index contributed by atoms with van der Waals surface area (Å²) in [7, 11) is 0. The van der Waals surface area contributed by atoms with Crippen molar-refractivity contribution >= 4 is 39.4 Å². The van der Waals surface area contributed by atoms with E-state index in [1.165, 1.54) is 28.2 Å². The topological polar surface area (TPSA) is 79.6 Å². The monoisotopic (exact) mass is 465 g/mol. The van der Waals surface area contributed by atoms with Gasteiger partial charge in [0.25, 0.3) is 11.8 Å². The van der Waals surface area contributed by atoms with E-state index in [0.29, 0.717) is 29.4 Å². The highest BCUT2D eigenvalue weighted by Crippen LogP contribution is 2.32. The molecule has 1 aromatic carbocycles. The van der Waals surface area contributed by atoms with Gasteiger partial charge < -0.3 is 10.2 Å². The number of imidazole rings is 1. The molecule has 0 bridgehead atoms. The first kappa shape index (κ1) is 20.8. The number of thiazole rings is 2. The molecule has 1 aliphatic heterocycles. The smallest absolute Gasteiger partial charge is 0.270 e. The van der Waals surface area contributed by atoms with Crippen molar-refractivity contribution in [3.63, 3.8) is 0 Å². The molecule has 1 N–H and O–H groups in total. The first-order valence-electron chi connectivity index (χ1n) is 10.5. The number of fused-ring (bicyclic) bond motifs is 1. The Morgan fingerprint density at radius 2 is 1.94 bits per heavy atom. The van der Waals surface area contributed by atoms with Gasteiger partial charge in [-0.15, -0.1) is 22.7 Å². The molecule has 1 unspecified atom stereocenters. The van der Waals surface area contributed by atoms with Crippen LogP contribution in [0.3, 0.4) is 0 Å². The minimum absolute atomic E-state index is 0.0163. The van der Waals surface area contributed by atoms with Crippen molar-refractivity contribution in [2.75, 3.05) is 13.1 Å². The molecule has 4 heterocycles. The molecule has 0 spiro atoms. The Balaban J connectivity index is 1.30. The number of amides is 2. The van der Waals surface area contributed by atoms with Crippen molar-refractivity contribution < 1.29 is 9.59 Å². The Hall–Kier alpha value is -3.04. The second-order valence-electron chi connectivity index (χ2n) is 8.03. The maximum atomic E-state index is 13.4. The summed E-state index contributed by atoms with van der Waals surface area (Å²) in [5, 5.41) is 5.78. The number of carbonyl (C=O) groups excluding carboxylic acids is 2. The van der Waals surface area contributed by atoms with E-state index in [1.54, 1.807) is 0 Å². The van der Waals surface area contributed by atoms with E-state index in [4.69, 9.17) is 0 Å². The third-order valence-corrected chi connectivity index (χ3v) is 7.52. The van der Waals surface area contributed by atoms with Crippen LogP contribution in [0.4, 0.5) is 0 Å². The van der Waals surface area contributed by atoms with Crippen LogP contribution in [-0.2, 0) is 0 Å². The number of rotatable bonds is 5. The number of carbonyl (C=O) groups is 2. The Kier molecular flexibility index (Phi) is 5.30. The second-order valence-corrected chi connectivity index (χ2v) is 10.1. The quantitative estimate of drug-likeness (QED) is 0.482. The van der Waals surface area contributed by atoms with Gasteiger partial charge in [0, 0.05) is 30.2 Å². The van der Waals surface area contributed by atoms with E-state index in [9.17, 15) is 9.59 Å². The Morgan fingerprint density at radius 3 is 2.66 bits per heavy atom. The maximum Gasteiger partial charge on any atom is 0.270 e. The van der Waals surface area contributed by atoms with Crippen LogP contribution in [0.25, 0.3) is 16.2 Å². The lowest BCUT2D eigenvalue weighted by atomic mass is 10.0. The first-order chi connectivity index (χ1) is 15.4. The minimum Gasteiger partial charge on any atom is -0.349 e. The maximum absolute atomic E-state index is 13.4. The van der Waals surface area contributed by atoms with Crippen LogP contribution in [0.2, 0.25) is 0 Å². The number of nitrogens with one attached hydrogen (secondary N) is 1. The molecule has 1 saturated heterocycles. The molecule has 0 saturated carbocycles. The number of likely N-dealkylation sites (tertiary alicyclic amines) is 1. The fourth-order valence-electron chi connectivity index (χ4n) is 3.99. The van der Waals surface area contributed by atoms with Crippen molar-refractivity contribution in [3.8, 4) is 11.3 Å². The van der Waals surface area contributed by atoms with Gasteiger partial charge in [-0.05, 0) is 27.2 Å². The van der Waals surface area contributed by atoms with Crippen molar-refractivity contribution in [2.24, 2.45) is 0 Å². The fourth-order valence-corrected chi connectivity index (χ4v) is 5.65. The molecule has 0 radical (unpaired) electrons. The molecular weight excluding hydrogens is 442 g/mol. The van der Waals surface area contributed by atoms with E-state index in [1.807, 2.05) is 65.9 Å². The Bertz CT molecular complexity index is 1320. The SMILES string of the molecule is Cc1ccc(-c2nc(C)sc2C(=O)N2CCC2CNC(=O)c2c(C)nc3sccn23)cc1. The highest BCUT2D eigenvalue weighted by Gasteiger charge is 2.35. The van der Waals surface area contributed by atoms with Gasteiger partial charge in [0.1, 0.15) is 10.6 Å². The zero-order valence-electron chi connectivity index (χ0n) is 18.1. The number of aryl methyl sites for hydroxylation is 3. The second kappa shape index (κ2) is 8.14. The van der Waals surface area contributed by atoms with Crippen LogP contribution in [0.5, 0.6) is 0 Å². The normalized spacial score (nSPS) is 15.7. The molecule has 0 aliphatic carbocycles. The van der Waals surface area contributed by atoms with Crippen molar-refractivity contribution in [3.05, 3.63) is 62.7 Å². The lowest BCUT2D eigenvalue weighted by molar-refractivity contribution is 0.0461. The summed E-state index contributed by atoms with van der Waals surface area (Å²) < 4.78 is 1.81. The predicted molar refractivity (Wildman–Crippen MR) is 127 cm³/mol. The molecule has 1 fully saturated rings. The highest BCUT2D eigenvalue weighted by atomic mass is 32.1. The van der Waals surface area contributed by atoms with E-state index in [-0.39, 0.29) is 17.9 Å². The van der Waals surface area contributed by atoms with Crippen molar-refractivity contribution in [1.29, 1.82) is 0 Å². The predicted octanol–water partition coefficient (Wildman–Crippen LogP) is 4.09. The molecule has 4 aromatic rings. The van der Waals surface area contributed by atoms with E-state index < -0.39 is 0 Å². The number of hydrogen-bond acceptors (Lipinski definition) is 6. The van der Waals surface area contributed by atoms with Crippen LogP contribution in [0.15, 0.2) is 35.8 Å². The summed E-state index contributed by atoms with van der Waals surface area (Å²) in [6.07, 6.45) is 2.72. The van der Waals surface area contributed by atoms with Gasteiger partial charge in [0.2, 0.25) is 0 Å². The van der Waals surface area contributed by atoms with Gasteiger partial charge in [-0.3, -0.25) is 14.0 Å². The van der Waals surface area contributed by atoms with Gasteiger partial charge in [-0.2, -0.15) is 0 Å². The summed E-state index contributed by atoms with van der Waals surface area (Å²) in [5.41, 5.74) is 4.11. The largest absolute Gasteiger partial charge is 0.349 e. The number of benzene rings is 1. The molecular formula is C23H23N5O2S2. The summed E-state index contributed by atoms with van der Waals surface area (Å²) in [6.45, 7) is 6.90. The third-order valence-electron chi connectivity index (χ3n) is 5.81. The van der Waals surface area contributed by atoms with Crippen LogP contribution < -0.4 is 5.32 Å². The van der Waals surface area contributed by atoms with Crippen molar-refractivity contribution in [2.45, 2.75) is 33.2 Å². The van der Waals surface area contributed by atoms with E-state index >= 15 is 0 Å². The first-order valence-corrected chi connectivity index (χ1v) is 12.2. The van der Waals surface area contributed by atoms with Crippen LogP contribution in [0, 0.1) is 20.8 Å². The lowest BCUT2D eigenvalue weighted by Crippen LogP contribution is -2.55. The molecule has 7 nitrogen and oxygen atoms in total. The summed E-state index contributed by atoms with van der Waals surface area (Å²) >= 11 is 2.93. The number of nitrogens with zero attached hydrogens (tertiary/aromatic N) is 4. The van der Waals surface area contributed by atoms with E-state index in [2.05, 4.69) is 15.3 Å². The molecule has 9 heteroatoms. The Morgan fingerprint density at radius 1 is 1.16 bits per heavy atom. The van der Waals surface area contributed by atoms with Gasteiger partial charge in [-0.1, -0.05) is 29.8 Å². The molecule has 3 aromatic heterocycles. The average molecular weight is 466 g/mol. The molecule has 2 amide bonds. The number of hydrogen-bond donors (Lipinski definition) is 1. The summed E-state index contributed by atoms with van der Waals surface area (Å²) in [6, 6.07) is 8.05. The van der Waals surface area contributed by atoms with Gasteiger partial charge >= 0.3 is 0 Å². The fraction of sp³-hybridized carbons (Fsp3) is 0.304. The minimum atomic E-state index is -0.165. The van der Waals surface area contributed by atoms with Gasteiger partial charge in [0.15, 0.2) is 4.96 Å². The van der Waals surface area contributed by atoms with Gasteiger partial charge in [-0.25, -0.2) is 9.97 Å². The number of aromatic nitrogens is 3. The molecule has 1 atom stereocenters. The zero-order chi connectivity index (χ0) is 22.4. The summed E-state index contributed by atoms with van der Waals surface area (Å²) in [4.78, 5) is 38.5. The molecule has 5 rings (SSSR count). The molecule has 1 aliphatic rings. The molecule has 32 heavy (non-hydrogen) atoms. The van der Waals surface area contributed by atoms with E-state index in [0.717, 1.165) is 27.6 Å². The van der Waals surface area contributed by atoms with Crippen LogP contribution in [-0.4, -0.2) is 50.2 Å². The molecule has 164 valence electrons. The third kappa shape index (κ3) is 3.61. The van der Waals surface area contributed by atoms with Crippen molar-refractivity contribution in [1.82, 2.24) is 24.6 Å². The standard InChI is InChI=1S/C23H23N5O2S2/c1-13-4-6-16(7-5-13)18-20(32-15(3)26-18)22(30)27-9-8-17(27)12-24-21(29)19-14(2)25-23-28(19)10-11-31-23/h4-7,10-11,17H,8-9,12H2,1-3H3,(H,24,29). The van der Waals surface area contributed by atoms with Gasteiger partial charge in [0.05, 0.1) is 22.4 Å². The average Bonchev–Trinajstić information content (AvgIpc) is 3.41. The zero-order valence-corrected chi connectivity index (χ0v) is 19.7. The Labute approximate surface area is 193 Å². The summed E-state index contributed by atoms with van der Waals surface area (Å²) in [5.74, 6) is -0.181. The highest BCUT2D eigenvalue weighted by molar-refractivity contribution is 7.15. The lowest BCUT2D eigenvalue weighted by Gasteiger charge is -2.41. The van der Waals surface area contributed by atoms with Crippen LogP contribution >= 0.6 is 22.7 Å².